The lowest BCUT2D eigenvalue weighted by Gasteiger charge is -2.02. The van der Waals surface area contributed by atoms with Gasteiger partial charge in [-0.15, -0.1) is 0 Å². The van der Waals surface area contributed by atoms with Gasteiger partial charge in [-0.3, -0.25) is 0 Å². The highest BCUT2D eigenvalue weighted by Gasteiger charge is 1.94. The summed E-state index contributed by atoms with van der Waals surface area (Å²) >= 11 is 0. The van der Waals surface area contributed by atoms with E-state index in [9.17, 15) is 4.79 Å². The molecule has 0 saturated carbocycles. The molecule has 0 aromatic heterocycles. The Morgan fingerprint density at radius 2 is 2.17 bits per heavy atom. The first-order valence-corrected chi connectivity index (χ1v) is 3.67. The number of esters is 1. The number of rotatable bonds is 6. The monoisotopic (exact) mass is 174 g/mol. The molecule has 0 rings (SSSR count). The molecule has 0 aromatic rings. The van der Waals surface area contributed by atoms with Crippen LogP contribution in [-0.2, 0) is 19.0 Å². The Morgan fingerprint density at radius 1 is 1.42 bits per heavy atom. The van der Waals surface area contributed by atoms with Crippen LogP contribution in [0.1, 0.15) is 6.92 Å². The van der Waals surface area contributed by atoms with Crippen molar-refractivity contribution in [2.75, 3.05) is 27.1 Å². The van der Waals surface area contributed by atoms with E-state index in [0.717, 1.165) is 0 Å². The molecule has 0 N–H and O–H groups in total. The Bertz CT molecular complexity index is 142. The van der Waals surface area contributed by atoms with Crippen LogP contribution in [-0.4, -0.2) is 33.1 Å². The molecule has 0 aromatic carbocycles. The maximum atomic E-state index is 10.7. The van der Waals surface area contributed by atoms with E-state index < -0.39 is 0 Å². The summed E-state index contributed by atoms with van der Waals surface area (Å²) in [5, 5.41) is 0. The van der Waals surface area contributed by atoms with Crippen LogP contribution >= 0.6 is 0 Å². The first-order valence-electron chi connectivity index (χ1n) is 3.67. The fourth-order valence-corrected chi connectivity index (χ4v) is 0.528. The molecule has 0 atom stereocenters. The zero-order chi connectivity index (χ0) is 9.23. The van der Waals surface area contributed by atoms with Crippen LogP contribution in [0.15, 0.2) is 12.2 Å². The van der Waals surface area contributed by atoms with Crippen molar-refractivity contribution in [2.24, 2.45) is 0 Å². The van der Waals surface area contributed by atoms with Gasteiger partial charge in [0.15, 0.2) is 0 Å². The summed E-state index contributed by atoms with van der Waals surface area (Å²) < 4.78 is 14.2. The smallest absolute Gasteiger partial charge is 0.330 e. The van der Waals surface area contributed by atoms with Crippen LogP contribution in [0.25, 0.3) is 0 Å². The molecule has 0 radical (unpaired) electrons. The van der Waals surface area contributed by atoms with Crippen molar-refractivity contribution in [1.82, 2.24) is 0 Å². The summed E-state index contributed by atoms with van der Waals surface area (Å²) in [4.78, 5) is 10.7. The third-order valence-corrected chi connectivity index (χ3v) is 0.976. The largest absolute Gasteiger partial charge is 0.460 e. The molecule has 0 fully saturated rings. The summed E-state index contributed by atoms with van der Waals surface area (Å²) in [5.74, 6) is -0.349. The molecular weight excluding hydrogens is 160 g/mol. The maximum Gasteiger partial charge on any atom is 0.330 e. The molecule has 0 aliphatic rings. The van der Waals surface area contributed by atoms with Crippen molar-refractivity contribution < 1.29 is 19.0 Å². The zero-order valence-corrected chi connectivity index (χ0v) is 7.41. The lowest BCUT2D eigenvalue weighted by Crippen LogP contribution is -2.09. The van der Waals surface area contributed by atoms with Gasteiger partial charge >= 0.3 is 5.97 Å². The Morgan fingerprint density at radius 3 is 2.75 bits per heavy atom. The number of hydrogen-bond acceptors (Lipinski definition) is 4. The van der Waals surface area contributed by atoms with Crippen molar-refractivity contribution in [3.63, 3.8) is 0 Å². The summed E-state index contributed by atoms with van der Waals surface area (Å²) in [6.45, 7) is 2.59. The first kappa shape index (κ1) is 11.1. The van der Waals surface area contributed by atoms with E-state index in [2.05, 4.69) is 4.74 Å². The molecule has 0 bridgehead atoms. The summed E-state index contributed by atoms with van der Waals surface area (Å²) in [7, 11) is 1.53. The second-order valence-electron chi connectivity index (χ2n) is 1.98. The van der Waals surface area contributed by atoms with E-state index >= 15 is 0 Å². The predicted octanol–water partition coefficient (Wildman–Crippen LogP) is 0.726. The molecule has 0 saturated heterocycles. The Labute approximate surface area is 72.1 Å². The van der Waals surface area contributed by atoms with Crippen LogP contribution in [0.3, 0.4) is 0 Å². The van der Waals surface area contributed by atoms with Crippen LogP contribution in [0.4, 0.5) is 0 Å². The highest BCUT2D eigenvalue weighted by molar-refractivity contribution is 5.81. The van der Waals surface area contributed by atoms with Crippen LogP contribution in [0.5, 0.6) is 0 Å². The first-order chi connectivity index (χ1) is 5.81. The summed E-state index contributed by atoms with van der Waals surface area (Å²) in [6, 6.07) is 0. The van der Waals surface area contributed by atoms with E-state index in [4.69, 9.17) is 9.47 Å². The van der Waals surface area contributed by atoms with Gasteiger partial charge in [0.1, 0.15) is 13.4 Å². The fraction of sp³-hybridized carbons (Fsp3) is 0.625. The number of ether oxygens (including phenoxy) is 3. The Kier molecular flexibility index (Phi) is 7.63. The molecule has 0 amide bonds. The van der Waals surface area contributed by atoms with Gasteiger partial charge in [-0.05, 0) is 6.92 Å². The SMILES string of the molecule is CC=CC(=O)OCCOCOC. The van der Waals surface area contributed by atoms with Crippen molar-refractivity contribution in [3.8, 4) is 0 Å². The summed E-state index contributed by atoms with van der Waals surface area (Å²) in [6.07, 6.45) is 2.98. The number of carbonyl (C=O) groups is 1. The van der Waals surface area contributed by atoms with Gasteiger partial charge < -0.3 is 14.2 Å². The number of methoxy groups -OCH3 is 1. The van der Waals surface area contributed by atoms with Gasteiger partial charge in [0, 0.05) is 13.2 Å². The fourth-order valence-electron chi connectivity index (χ4n) is 0.528. The zero-order valence-electron chi connectivity index (χ0n) is 7.41. The second-order valence-corrected chi connectivity index (χ2v) is 1.98. The van der Waals surface area contributed by atoms with Gasteiger partial charge in [0.25, 0.3) is 0 Å². The molecule has 70 valence electrons. The van der Waals surface area contributed by atoms with Crippen molar-refractivity contribution in [2.45, 2.75) is 6.92 Å². The normalized spacial score (nSPS) is 10.5. The van der Waals surface area contributed by atoms with Gasteiger partial charge in [0.05, 0.1) is 6.61 Å². The van der Waals surface area contributed by atoms with Crippen LogP contribution < -0.4 is 0 Å². The minimum atomic E-state index is -0.349. The van der Waals surface area contributed by atoms with E-state index in [1.165, 1.54) is 13.2 Å². The highest BCUT2D eigenvalue weighted by atomic mass is 16.7. The number of carbonyl (C=O) groups excluding carboxylic acids is 1. The highest BCUT2D eigenvalue weighted by Crippen LogP contribution is 1.82. The number of hydrogen-bond donors (Lipinski definition) is 0. The quantitative estimate of drug-likeness (QED) is 0.258. The Hall–Kier alpha value is -0.870. The Balaban J connectivity index is 3.14. The van der Waals surface area contributed by atoms with Gasteiger partial charge in [-0.2, -0.15) is 0 Å². The van der Waals surface area contributed by atoms with E-state index in [1.807, 2.05) is 0 Å². The standard InChI is InChI=1S/C8H14O4/c1-3-4-8(9)12-6-5-11-7-10-2/h3-4H,5-7H2,1-2H3. The van der Waals surface area contributed by atoms with Crippen molar-refractivity contribution >= 4 is 5.97 Å². The van der Waals surface area contributed by atoms with Crippen LogP contribution in [0, 0.1) is 0 Å². The minimum absolute atomic E-state index is 0.223. The lowest BCUT2D eigenvalue weighted by molar-refractivity contribution is -0.140. The topological polar surface area (TPSA) is 44.8 Å². The summed E-state index contributed by atoms with van der Waals surface area (Å²) in [5.41, 5.74) is 0. The molecule has 0 spiro atoms. The molecule has 4 heteroatoms. The number of allylic oxidation sites excluding steroid dienone is 1. The van der Waals surface area contributed by atoms with Gasteiger partial charge in [-0.25, -0.2) is 4.79 Å². The van der Waals surface area contributed by atoms with E-state index in [-0.39, 0.29) is 19.4 Å². The van der Waals surface area contributed by atoms with Crippen molar-refractivity contribution in [1.29, 1.82) is 0 Å². The second kappa shape index (κ2) is 8.23. The van der Waals surface area contributed by atoms with Crippen LogP contribution in [0.2, 0.25) is 0 Å². The third kappa shape index (κ3) is 7.24. The van der Waals surface area contributed by atoms with E-state index in [0.29, 0.717) is 6.61 Å². The van der Waals surface area contributed by atoms with E-state index in [1.54, 1.807) is 13.0 Å². The minimum Gasteiger partial charge on any atom is -0.460 e. The molecule has 4 nitrogen and oxygen atoms in total. The van der Waals surface area contributed by atoms with Crippen molar-refractivity contribution in [3.05, 3.63) is 12.2 Å². The third-order valence-electron chi connectivity index (χ3n) is 0.976. The molecule has 0 aliphatic heterocycles. The predicted molar refractivity (Wildman–Crippen MR) is 43.6 cm³/mol. The molecule has 0 unspecified atom stereocenters. The van der Waals surface area contributed by atoms with Gasteiger partial charge in [0.2, 0.25) is 0 Å². The average molecular weight is 174 g/mol. The lowest BCUT2D eigenvalue weighted by atomic mass is 10.5. The molecule has 0 heterocycles. The van der Waals surface area contributed by atoms with Gasteiger partial charge in [-0.1, -0.05) is 6.08 Å². The maximum absolute atomic E-state index is 10.7. The molecule has 0 aliphatic carbocycles. The average Bonchev–Trinajstić information content (AvgIpc) is 2.05. The molecular formula is C8H14O4. The molecule has 12 heavy (non-hydrogen) atoms.